The van der Waals surface area contributed by atoms with Crippen molar-refractivity contribution in [2.75, 3.05) is 18.9 Å². The van der Waals surface area contributed by atoms with Gasteiger partial charge in [0.15, 0.2) is 0 Å². The van der Waals surface area contributed by atoms with Crippen LogP contribution in [0.25, 0.3) is 0 Å². The number of nitrogens with zero attached hydrogens (tertiary/aromatic N) is 1. The van der Waals surface area contributed by atoms with Gasteiger partial charge in [-0.2, -0.15) is 0 Å². The largest absolute Gasteiger partial charge is 0.322 e. The molecule has 1 N–H and O–H groups in total. The lowest BCUT2D eigenvalue weighted by Gasteiger charge is -2.40. The highest BCUT2D eigenvalue weighted by molar-refractivity contribution is 8.00. The number of rotatable bonds is 4. The zero-order chi connectivity index (χ0) is 18.7. The summed E-state index contributed by atoms with van der Waals surface area (Å²) < 4.78 is 13.8. The van der Waals surface area contributed by atoms with E-state index in [1.54, 1.807) is 12.1 Å². The summed E-state index contributed by atoms with van der Waals surface area (Å²) in [6, 6.07) is 14.4. The fourth-order valence-corrected chi connectivity index (χ4v) is 4.71. The molecule has 0 aliphatic carbocycles. The first kappa shape index (κ1) is 18.9. The van der Waals surface area contributed by atoms with Gasteiger partial charge in [-0.3, -0.25) is 4.79 Å². The molecule has 0 radical (unpaired) electrons. The number of benzene rings is 2. The molecule has 0 aromatic heterocycles. The molecular formula is C21H25FN2OS. The molecule has 5 heteroatoms. The zero-order valence-electron chi connectivity index (χ0n) is 15.4. The van der Waals surface area contributed by atoms with Gasteiger partial charge in [0.1, 0.15) is 5.82 Å². The zero-order valence-corrected chi connectivity index (χ0v) is 16.2. The second-order valence-electron chi connectivity index (χ2n) is 6.99. The standard InChI is InChI=1S/C21H25FN2OS/c1-14-15(2)24(3)12-11-20(14)26-17-8-6-7-16(13-17)23-21(25)18-9-4-5-10-19(18)22/h4-10,13-15,20H,11-12H2,1-3H3,(H,23,25). The summed E-state index contributed by atoms with van der Waals surface area (Å²) in [6.45, 7) is 5.69. The monoisotopic (exact) mass is 372 g/mol. The number of carbonyl (C=O) groups is 1. The molecule has 1 aliphatic rings. The van der Waals surface area contributed by atoms with E-state index in [4.69, 9.17) is 0 Å². The number of hydrogen-bond donors (Lipinski definition) is 1. The van der Waals surface area contributed by atoms with Crippen LogP contribution in [-0.2, 0) is 0 Å². The summed E-state index contributed by atoms with van der Waals surface area (Å²) in [5.74, 6) is -0.341. The van der Waals surface area contributed by atoms with Crippen molar-refractivity contribution in [3.05, 3.63) is 59.9 Å². The Morgan fingerprint density at radius 2 is 1.96 bits per heavy atom. The molecule has 1 saturated heterocycles. The Morgan fingerprint density at radius 3 is 2.73 bits per heavy atom. The summed E-state index contributed by atoms with van der Waals surface area (Å²) in [5.41, 5.74) is 0.750. The van der Waals surface area contributed by atoms with Crippen molar-refractivity contribution >= 4 is 23.4 Å². The Hall–Kier alpha value is -1.85. The molecular weight excluding hydrogens is 347 g/mol. The lowest BCUT2D eigenvalue weighted by atomic mass is 9.92. The second-order valence-corrected chi connectivity index (χ2v) is 8.30. The average molecular weight is 373 g/mol. The molecule has 2 aromatic rings. The highest BCUT2D eigenvalue weighted by Gasteiger charge is 2.31. The number of carbonyl (C=O) groups excluding carboxylic acids is 1. The molecule has 3 unspecified atom stereocenters. The van der Waals surface area contributed by atoms with E-state index in [2.05, 4.69) is 37.2 Å². The minimum atomic E-state index is -0.510. The number of amides is 1. The van der Waals surface area contributed by atoms with Crippen LogP contribution in [0.5, 0.6) is 0 Å². The van der Waals surface area contributed by atoms with Crippen LogP contribution >= 0.6 is 11.8 Å². The molecule has 1 aliphatic heterocycles. The fraction of sp³-hybridized carbons (Fsp3) is 0.381. The van der Waals surface area contributed by atoms with E-state index in [9.17, 15) is 9.18 Å². The summed E-state index contributed by atoms with van der Waals surface area (Å²) in [7, 11) is 2.18. The predicted molar refractivity (Wildman–Crippen MR) is 106 cm³/mol. The quantitative estimate of drug-likeness (QED) is 0.829. The molecule has 3 rings (SSSR count). The minimum Gasteiger partial charge on any atom is -0.322 e. The highest BCUT2D eigenvalue weighted by atomic mass is 32.2. The Bertz CT molecular complexity index is 782. The van der Waals surface area contributed by atoms with Crippen molar-refractivity contribution < 1.29 is 9.18 Å². The van der Waals surface area contributed by atoms with Crippen LogP contribution in [0.3, 0.4) is 0 Å². The molecule has 138 valence electrons. The van der Waals surface area contributed by atoms with Gasteiger partial charge in [-0.15, -0.1) is 11.8 Å². The van der Waals surface area contributed by atoms with Crippen molar-refractivity contribution in [2.45, 2.75) is 36.5 Å². The van der Waals surface area contributed by atoms with Gasteiger partial charge in [-0.05, 0) is 63.2 Å². The Morgan fingerprint density at radius 1 is 1.19 bits per heavy atom. The summed E-state index contributed by atoms with van der Waals surface area (Å²) in [6.07, 6.45) is 1.15. The lowest BCUT2D eigenvalue weighted by Crippen LogP contribution is -2.45. The smallest absolute Gasteiger partial charge is 0.258 e. The predicted octanol–water partition coefficient (Wildman–Crippen LogP) is 4.90. The number of thioether (sulfide) groups is 1. The summed E-state index contributed by atoms with van der Waals surface area (Å²) in [5, 5.41) is 3.36. The molecule has 1 amide bonds. The van der Waals surface area contributed by atoms with Crippen LogP contribution < -0.4 is 5.32 Å². The normalized spacial score (nSPS) is 23.6. The van der Waals surface area contributed by atoms with E-state index >= 15 is 0 Å². The first-order chi connectivity index (χ1) is 12.5. The third-order valence-corrected chi connectivity index (χ3v) is 6.80. The third kappa shape index (κ3) is 4.27. The summed E-state index contributed by atoms with van der Waals surface area (Å²) >= 11 is 1.87. The number of halogens is 1. The second kappa shape index (κ2) is 8.23. The van der Waals surface area contributed by atoms with E-state index in [-0.39, 0.29) is 5.56 Å². The molecule has 3 atom stereocenters. The molecule has 0 saturated carbocycles. The lowest BCUT2D eigenvalue weighted by molar-refractivity contribution is 0.102. The Kier molecular flexibility index (Phi) is 5.99. The topological polar surface area (TPSA) is 32.3 Å². The number of anilines is 1. The van der Waals surface area contributed by atoms with Crippen LogP contribution in [0.4, 0.5) is 10.1 Å². The van der Waals surface area contributed by atoms with Gasteiger partial charge in [0, 0.05) is 21.9 Å². The maximum absolute atomic E-state index is 13.8. The van der Waals surface area contributed by atoms with Crippen LogP contribution in [0.15, 0.2) is 53.4 Å². The minimum absolute atomic E-state index is 0.0586. The maximum atomic E-state index is 13.8. The molecule has 1 heterocycles. The molecule has 26 heavy (non-hydrogen) atoms. The first-order valence-corrected chi connectivity index (χ1v) is 9.86. The number of nitrogens with one attached hydrogen (secondary N) is 1. The van der Waals surface area contributed by atoms with E-state index in [1.165, 1.54) is 12.1 Å². The van der Waals surface area contributed by atoms with Gasteiger partial charge in [0.25, 0.3) is 5.91 Å². The van der Waals surface area contributed by atoms with Gasteiger partial charge in [-0.25, -0.2) is 4.39 Å². The van der Waals surface area contributed by atoms with Gasteiger partial charge in [-0.1, -0.05) is 25.1 Å². The molecule has 3 nitrogen and oxygen atoms in total. The van der Waals surface area contributed by atoms with E-state index in [0.29, 0.717) is 22.9 Å². The van der Waals surface area contributed by atoms with Crippen molar-refractivity contribution in [1.82, 2.24) is 4.90 Å². The third-order valence-electron chi connectivity index (χ3n) is 5.31. The van der Waals surface area contributed by atoms with Gasteiger partial charge >= 0.3 is 0 Å². The first-order valence-electron chi connectivity index (χ1n) is 8.98. The van der Waals surface area contributed by atoms with Crippen LogP contribution in [0, 0.1) is 11.7 Å². The molecule has 0 spiro atoms. The fourth-order valence-electron chi connectivity index (χ4n) is 3.34. The van der Waals surface area contributed by atoms with Gasteiger partial charge in [0.2, 0.25) is 0 Å². The van der Waals surface area contributed by atoms with E-state index in [0.717, 1.165) is 17.9 Å². The molecule has 0 bridgehead atoms. The van der Waals surface area contributed by atoms with Crippen molar-refractivity contribution in [3.8, 4) is 0 Å². The number of likely N-dealkylation sites (tertiary alicyclic amines) is 1. The number of piperidine rings is 1. The van der Waals surface area contributed by atoms with Crippen LogP contribution in [-0.4, -0.2) is 35.7 Å². The molecule has 2 aromatic carbocycles. The van der Waals surface area contributed by atoms with Crippen molar-refractivity contribution in [2.24, 2.45) is 5.92 Å². The summed E-state index contributed by atoms with van der Waals surface area (Å²) in [4.78, 5) is 15.8. The maximum Gasteiger partial charge on any atom is 0.258 e. The van der Waals surface area contributed by atoms with Gasteiger partial charge in [0.05, 0.1) is 5.56 Å². The van der Waals surface area contributed by atoms with Crippen molar-refractivity contribution in [3.63, 3.8) is 0 Å². The SMILES string of the molecule is CC1C(Sc2cccc(NC(=O)c3ccccc3F)c2)CCN(C)C1C. The van der Waals surface area contributed by atoms with E-state index in [1.807, 2.05) is 30.0 Å². The van der Waals surface area contributed by atoms with Crippen LogP contribution in [0.1, 0.15) is 30.6 Å². The van der Waals surface area contributed by atoms with E-state index < -0.39 is 11.7 Å². The van der Waals surface area contributed by atoms with Gasteiger partial charge < -0.3 is 10.2 Å². The highest BCUT2D eigenvalue weighted by Crippen LogP contribution is 2.36. The number of hydrogen-bond acceptors (Lipinski definition) is 3. The molecule has 1 fully saturated rings. The average Bonchev–Trinajstić information content (AvgIpc) is 2.63. The van der Waals surface area contributed by atoms with Crippen molar-refractivity contribution in [1.29, 1.82) is 0 Å². The Balaban J connectivity index is 1.69. The van der Waals surface area contributed by atoms with Crippen LogP contribution in [0.2, 0.25) is 0 Å². The Labute approximate surface area is 159 Å².